The molecular weight excluding hydrogens is 280 g/mol. The van der Waals surface area contributed by atoms with E-state index in [1.807, 2.05) is 32.0 Å². The SMILES string of the molecule is CCn1c(=O)oc2cc(NC(=O)c3ccccc3C)ccc21. The van der Waals surface area contributed by atoms with Gasteiger partial charge in [0.2, 0.25) is 0 Å². The van der Waals surface area contributed by atoms with E-state index in [2.05, 4.69) is 5.32 Å². The van der Waals surface area contributed by atoms with Crippen LogP contribution in [0.3, 0.4) is 0 Å². The number of carbonyl (C=O) groups excluding carboxylic acids is 1. The molecule has 5 nitrogen and oxygen atoms in total. The molecule has 0 bridgehead atoms. The molecule has 5 heteroatoms. The molecule has 0 radical (unpaired) electrons. The first kappa shape index (κ1) is 14.1. The fraction of sp³-hybridized carbons (Fsp3) is 0.176. The molecule has 112 valence electrons. The summed E-state index contributed by atoms with van der Waals surface area (Å²) in [4.78, 5) is 24.0. The summed E-state index contributed by atoms with van der Waals surface area (Å²) in [6.07, 6.45) is 0. The zero-order valence-electron chi connectivity index (χ0n) is 12.4. The second-order valence-electron chi connectivity index (χ2n) is 5.06. The van der Waals surface area contributed by atoms with Crippen LogP contribution in [0.5, 0.6) is 0 Å². The van der Waals surface area contributed by atoms with Gasteiger partial charge in [-0.05, 0) is 37.6 Å². The van der Waals surface area contributed by atoms with E-state index >= 15 is 0 Å². The van der Waals surface area contributed by atoms with Crippen molar-refractivity contribution in [2.75, 3.05) is 5.32 Å². The summed E-state index contributed by atoms with van der Waals surface area (Å²) in [5.41, 5.74) is 3.31. The van der Waals surface area contributed by atoms with Crippen molar-refractivity contribution in [2.45, 2.75) is 20.4 Å². The van der Waals surface area contributed by atoms with Crippen molar-refractivity contribution in [3.05, 3.63) is 64.1 Å². The van der Waals surface area contributed by atoms with Gasteiger partial charge >= 0.3 is 5.76 Å². The maximum atomic E-state index is 12.3. The number of nitrogens with zero attached hydrogens (tertiary/aromatic N) is 1. The van der Waals surface area contributed by atoms with Crippen LogP contribution in [-0.2, 0) is 6.54 Å². The number of benzene rings is 2. The van der Waals surface area contributed by atoms with Crippen molar-refractivity contribution in [1.82, 2.24) is 4.57 Å². The lowest BCUT2D eigenvalue weighted by atomic mass is 10.1. The van der Waals surface area contributed by atoms with Crippen LogP contribution in [0.2, 0.25) is 0 Å². The zero-order valence-corrected chi connectivity index (χ0v) is 12.4. The van der Waals surface area contributed by atoms with Crippen molar-refractivity contribution in [3.63, 3.8) is 0 Å². The van der Waals surface area contributed by atoms with E-state index in [4.69, 9.17) is 4.42 Å². The highest BCUT2D eigenvalue weighted by molar-refractivity contribution is 6.05. The van der Waals surface area contributed by atoms with E-state index in [0.717, 1.165) is 11.1 Å². The number of hydrogen-bond acceptors (Lipinski definition) is 3. The van der Waals surface area contributed by atoms with Gasteiger partial charge in [0, 0.05) is 23.9 Å². The molecule has 1 N–H and O–H groups in total. The van der Waals surface area contributed by atoms with Gasteiger partial charge in [0.1, 0.15) is 0 Å². The summed E-state index contributed by atoms with van der Waals surface area (Å²) in [5, 5.41) is 2.83. The van der Waals surface area contributed by atoms with Crippen molar-refractivity contribution in [1.29, 1.82) is 0 Å². The number of fused-ring (bicyclic) bond motifs is 1. The molecule has 0 unspecified atom stereocenters. The van der Waals surface area contributed by atoms with E-state index in [0.29, 0.717) is 23.4 Å². The second-order valence-corrected chi connectivity index (χ2v) is 5.06. The molecule has 0 atom stereocenters. The van der Waals surface area contributed by atoms with Crippen LogP contribution in [0, 0.1) is 6.92 Å². The van der Waals surface area contributed by atoms with Gasteiger partial charge in [-0.25, -0.2) is 4.79 Å². The highest BCUT2D eigenvalue weighted by atomic mass is 16.4. The monoisotopic (exact) mass is 296 g/mol. The van der Waals surface area contributed by atoms with Gasteiger partial charge in [0.25, 0.3) is 5.91 Å². The third kappa shape index (κ3) is 2.41. The molecule has 0 spiro atoms. The highest BCUT2D eigenvalue weighted by Gasteiger charge is 2.11. The smallest absolute Gasteiger partial charge is 0.408 e. The van der Waals surface area contributed by atoms with Gasteiger partial charge in [-0.2, -0.15) is 0 Å². The van der Waals surface area contributed by atoms with Crippen molar-refractivity contribution in [2.24, 2.45) is 0 Å². The summed E-state index contributed by atoms with van der Waals surface area (Å²) in [7, 11) is 0. The largest absolute Gasteiger partial charge is 0.419 e. The van der Waals surface area contributed by atoms with E-state index < -0.39 is 0 Å². The van der Waals surface area contributed by atoms with Gasteiger partial charge in [-0.1, -0.05) is 18.2 Å². The predicted octanol–water partition coefficient (Wildman–Crippen LogP) is 3.18. The first-order chi connectivity index (χ1) is 10.6. The number of carbonyl (C=O) groups is 1. The molecule has 0 aliphatic carbocycles. The number of rotatable bonds is 3. The Balaban J connectivity index is 1.93. The summed E-state index contributed by atoms with van der Waals surface area (Å²) in [6, 6.07) is 12.6. The van der Waals surface area contributed by atoms with E-state index in [1.165, 1.54) is 0 Å². The lowest BCUT2D eigenvalue weighted by molar-refractivity contribution is 0.102. The number of hydrogen-bond donors (Lipinski definition) is 1. The minimum absolute atomic E-state index is 0.185. The molecule has 1 amide bonds. The van der Waals surface area contributed by atoms with E-state index in [1.54, 1.807) is 28.8 Å². The molecule has 0 saturated heterocycles. The minimum atomic E-state index is -0.389. The van der Waals surface area contributed by atoms with Crippen LogP contribution < -0.4 is 11.1 Å². The molecule has 1 heterocycles. The molecule has 1 aromatic heterocycles. The molecule has 3 aromatic rings. The molecule has 0 fully saturated rings. The first-order valence-corrected chi connectivity index (χ1v) is 7.10. The number of oxazole rings is 1. The Morgan fingerprint density at radius 3 is 2.73 bits per heavy atom. The Morgan fingerprint density at radius 1 is 1.23 bits per heavy atom. The Labute approximate surface area is 127 Å². The molecule has 0 aliphatic heterocycles. The van der Waals surface area contributed by atoms with Crippen LogP contribution in [0.4, 0.5) is 5.69 Å². The van der Waals surface area contributed by atoms with Crippen molar-refractivity contribution >= 4 is 22.7 Å². The first-order valence-electron chi connectivity index (χ1n) is 7.10. The van der Waals surface area contributed by atoms with Crippen LogP contribution in [0.15, 0.2) is 51.7 Å². The Kier molecular flexibility index (Phi) is 3.55. The molecule has 2 aromatic carbocycles. The number of aryl methyl sites for hydroxylation is 2. The summed E-state index contributed by atoms with van der Waals surface area (Å²) < 4.78 is 6.74. The normalized spacial score (nSPS) is 10.8. The van der Waals surface area contributed by atoms with E-state index in [9.17, 15) is 9.59 Å². The molecule has 3 rings (SSSR count). The number of amides is 1. The van der Waals surface area contributed by atoms with Gasteiger partial charge < -0.3 is 9.73 Å². The fourth-order valence-corrected chi connectivity index (χ4v) is 2.47. The van der Waals surface area contributed by atoms with Crippen molar-refractivity contribution < 1.29 is 9.21 Å². The fourth-order valence-electron chi connectivity index (χ4n) is 2.47. The van der Waals surface area contributed by atoms with Gasteiger partial charge in [-0.15, -0.1) is 0 Å². The van der Waals surface area contributed by atoms with E-state index in [-0.39, 0.29) is 11.7 Å². The van der Waals surface area contributed by atoms with Gasteiger partial charge in [-0.3, -0.25) is 9.36 Å². The number of anilines is 1. The van der Waals surface area contributed by atoms with Crippen LogP contribution in [-0.4, -0.2) is 10.5 Å². The summed E-state index contributed by atoms with van der Waals surface area (Å²) in [6.45, 7) is 4.31. The Hall–Kier alpha value is -2.82. The standard InChI is InChI=1S/C17H16N2O3/c1-3-19-14-9-8-12(10-15(14)22-17(19)21)18-16(20)13-7-5-4-6-11(13)2/h4-10H,3H2,1-2H3,(H,18,20). The average molecular weight is 296 g/mol. The highest BCUT2D eigenvalue weighted by Crippen LogP contribution is 2.19. The second kappa shape index (κ2) is 5.52. The average Bonchev–Trinajstić information content (AvgIpc) is 2.81. The van der Waals surface area contributed by atoms with Crippen LogP contribution in [0.1, 0.15) is 22.8 Å². The number of nitrogens with one attached hydrogen (secondary N) is 1. The van der Waals surface area contributed by atoms with Crippen LogP contribution in [0.25, 0.3) is 11.1 Å². The molecule has 0 aliphatic rings. The molecular formula is C17H16N2O3. The predicted molar refractivity (Wildman–Crippen MR) is 85.3 cm³/mol. The summed E-state index contributed by atoms with van der Waals surface area (Å²) >= 11 is 0. The Bertz CT molecular complexity index is 906. The maximum absolute atomic E-state index is 12.3. The minimum Gasteiger partial charge on any atom is -0.408 e. The lowest BCUT2D eigenvalue weighted by Gasteiger charge is -2.07. The van der Waals surface area contributed by atoms with Crippen molar-refractivity contribution in [3.8, 4) is 0 Å². The quantitative estimate of drug-likeness (QED) is 0.807. The molecule has 0 saturated carbocycles. The zero-order chi connectivity index (χ0) is 15.7. The van der Waals surface area contributed by atoms with Crippen LogP contribution >= 0.6 is 0 Å². The topological polar surface area (TPSA) is 64.2 Å². The van der Waals surface area contributed by atoms with Gasteiger partial charge in [0.05, 0.1) is 5.52 Å². The Morgan fingerprint density at radius 2 is 2.00 bits per heavy atom. The maximum Gasteiger partial charge on any atom is 0.419 e. The third-order valence-corrected chi connectivity index (χ3v) is 3.63. The van der Waals surface area contributed by atoms with Gasteiger partial charge in [0.15, 0.2) is 5.58 Å². The molecule has 22 heavy (non-hydrogen) atoms. The third-order valence-electron chi connectivity index (χ3n) is 3.63. The lowest BCUT2D eigenvalue weighted by Crippen LogP contribution is -2.13. The number of aromatic nitrogens is 1. The summed E-state index contributed by atoms with van der Waals surface area (Å²) in [5.74, 6) is -0.574.